The monoisotopic (exact) mass is 1430 g/mol. The van der Waals surface area contributed by atoms with Crippen molar-refractivity contribution in [1.29, 1.82) is 0 Å². The van der Waals surface area contributed by atoms with Crippen molar-refractivity contribution in [2.75, 3.05) is 24.7 Å². The molecule has 0 radical (unpaired) electrons. The second-order valence-corrected chi connectivity index (χ2v) is 20.4. The number of rotatable bonds is 28. The molecule has 0 saturated heterocycles. The summed E-state index contributed by atoms with van der Waals surface area (Å²) < 4.78 is 23.0. The van der Waals surface area contributed by atoms with E-state index in [0.29, 0.717) is 25.7 Å². The lowest BCUT2D eigenvalue weighted by atomic mass is 10.1. The largest absolute Gasteiger partial charge is 0.462 e. The first kappa shape index (κ1) is 51.7. The van der Waals surface area contributed by atoms with Crippen molar-refractivity contribution in [3.8, 4) is 0 Å². The SMILES string of the molecule is CCCCCCCC/C=C\CCCCCCCC(=O)OC(COC(=O)CCCc1c(I)cc(I)c(N)c1I)COC(=O)CCCc1c(I)cc(I)c(N)c1I. The molecule has 14 heteroatoms. The topological polar surface area (TPSA) is 131 Å². The third kappa shape index (κ3) is 21.6. The lowest BCUT2D eigenvalue weighted by Crippen LogP contribution is -2.31. The molecule has 2 aromatic carbocycles. The first-order valence-electron chi connectivity index (χ1n) is 19.3. The number of nitrogen functional groups attached to an aromatic ring is 2. The van der Waals surface area contributed by atoms with Crippen molar-refractivity contribution in [1.82, 2.24) is 0 Å². The Morgan fingerprint density at radius 2 is 0.964 bits per heavy atom. The molecule has 0 aliphatic rings. The molecule has 4 N–H and O–H groups in total. The standard InChI is InChI=1S/C41H56I6N2O6/c1-2-3-4-5-6-7-8-9-10-11-12-13-14-15-16-21-37(52)55-28(26-53-35(50)22-17-19-29-31(42)24-33(44)40(48)38(29)46)27-54-36(51)23-18-20-30-32(43)25-34(45)41(49)39(30)47/h9-10,24-25,28H,2-8,11-23,26-27,48-49H2,1H3/b10-9-. The Bertz CT molecular complexity index is 1450. The van der Waals surface area contributed by atoms with E-state index in [-0.39, 0.29) is 38.4 Å². The van der Waals surface area contributed by atoms with Gasteiger partial charge in [-0.15, -0.1) is 0 Å². The zero-order chi connectivity index (χ0) is 40.6. The number of hydrogen-bond donors (Lipinski definition) is 2. The van der Waals surface area contributed by atoms with Crippen molar-refractivity contribution < 1.29 is 28.6 Å². The minimum absolute atomic E-state index is 0.173. The van der Waals surface area contributed by atoms with Crippen LogP contribution in [0.25, 0.3) is 0 Å². The number of carbonyl (C=O) groups is 3. The summed E-state index contributed by atoms with van der Waals surface area (Å²) in [4.78, 5) is 38.3. The fourth-order valence-corrected chi connectivity index (χ4v) is 13.6. The number of anilines is 2. The van der Waals surface area contributed by atoms with Crippen LogP contribution in [0.1, 0.15) is 134 Å². The average molecular weight is 1430 g/mol. The summed E-state index contributed by atoms with van der Waals surface area (Å²) in [7, 11) is 0. The van der Waals surface area contributed by atoms with Crippen molar-refractivity contribution in [2.24, 2.45) is 0 Å². The van der Waals surface area contributed by atoms with E-state index in [9.17, 15) is 14.4 Å². The predicted molar refractivity (Wildman–Crippen MR) is 275 cm³/mol. The number of benzene rings is 2. The fourth-order valence-electron chi connectivity index (χ4n) is 5.79. The lowest BCUT2D eigenvalue weighted by Gasteiger charge is -2.18. The van der Waals surface area contributed by atoms with E-state index in [4.69, 9.17) is 25.7 Å². The molecule has 0 fully saturated rings. The smallest absolute Gasteiger partial charge is 0.306 e. The van der Waals surface area contributed by atoms with Crippen LogP contribution in [0.5, 0.6) is 0 Å². The molecule has 0 amide bonds. The molecule has 0 aliphatic carbocycles. The minimum Gasteiger partial charge on any atom is -0.462 e. The molecule has 0 spiro atoms. The molecular weight excluding hydrogens is 1380 g/mol. The molecule has 0 bridgehead atoms. The van der Waals surface area contributed by atoms with E-state index in [1.165, 1.54) is 44.9 Å². The van der Waals surface area contributed by atoms with Gasteiger partial charge in [0.1, 0.15) is 13.2 Å². The summed E-state index contributed by atoms with van der Waals surface area (Å²) in [5.74, 6) is -1.17. The van der Waals surface area contributed by atoms with Gasteiger partial charge in [0.25, 0.3) is 0 Å². The number of ether oxygens (including phenoxy) is 3. The first-order valence-corrected chi connectivity index (χ1v) is 25.8. The van der Waals surface area contributed by atoms with E-state index in [1.807, 2.05) is 12.1 Å². The number of carbonyl (C=O) groups excluding carboxylic acids is 3. The van der Waals surface area contributed by atoms with Gasteiger partial charge in [-0.05, 0) is 217 Å². The Balaban J connectivity index is 1.79. The molecule has 0 atom stereocenters. The second kappa shape index (κ2) is 30.6. The zero-order valence-corrected chi connectivity index (χ0v) is 44.8. The van der Waals surface area contributed by atoms with Crippen LogP contribution in [0.2, 0.25) is 0 Å². The highest BCUT2D eigenvalue weighted by atomic mass is 127. The van der Waals surface area contributed by atoms with Gasteiger partial charge in [-0.2, -0.15) is 0 Å². The maximum atomic E-state index is 12.8. The lowest BCUT2D eigenvalue weighted by molar-refractivity contribution is -0.167. The molecule has 2 aromatic rings. The molecule has 0 aromatic heterocycles. The van der Waals surface area contributed by atoms with E-state index >= 15 is 0 Å². The molecule has 0 unspecified atom stereocenters. The Morgan fingerprint density at radius 3 is 1.42 bits per heavy atom. The Labute approximate surface area is 410 Å². The number of halogens is 6. The molecule has 2 rings (SSSR count). The van der Waals surface area contributed by atoms with Crippen molar-refractivity contribution in [2.45, 2.75) is 141 Å². The second-order valence-electron chi connectivity index (χ2n) is 13.6. The van der Waals surface area contributed by atoms with Gasteiger partial charge < -0.3 is 25.7 Å². The summed E-state index contributed by atoms with van der Waals surface area (Å²) in [6.07, 6.45) is 22.3. The summed E-state index contributed by atoms with van der Waals surface area (Å²) in [5, 5.41) is 0. The summed E-state index contributed by atoms with van der Waals surface area (Å²) in [6, 6.07) is 4.09. The highest BCUT2D eigenvalue weighted by Gasteiger charge is 2.21. The molecular formula is C41H56I6N2O6. The van der Waals surface area contributed by atoms with Gasteiger partial charge in [0.15, 0.2) is 6.10 Å². The third-order valence-corrected chi connectivity index (χ3v) is 15.2. The van der Waals surface area contributed by atoms with Gasteiger partial charge in [-0.3, -0.25) is 14.4 Å². The van der Waals surface area contributed by atoms with E-state index < -0.39 is 18.0 Å². The fraction of sp³-hybridized carbons (Fsp3) is 0.585. The van der Waals surface area contributed by atoms with Gasteiger partial charge in [0, 0.05) is 40.7 Å². The molecule has 0 saturated carbocycles. The van der Waals surface area contributed by atoms with Crippen LogP contribution in [0, 0.1) is 21.4 Å². The van der Waals surface area contributed by atoms with Crippen LogP contribution in [0.15, 0.2) is 24.3 Å². The van der Waals surface area contributed by atoms with Crippen LogP contribution in [0.3, 0.4) is 0 Å². The van der Waals surface area contributed by atoms with Crippen molar-refractivity contribution in [3.63, 3.8) is 0 Å². The summed E-state index contributed by atoms with van der Waals surface area (Å²) in [5.41, 5.74) is 16.2. The quantitative estimate of drug-likeness (QED) is 0.0215. The van der Waals surface area contributed by atoms with Gasteiger partial charge in [-0.1, -0.05) is 70.4 Å². The molecule has 0 aliphatic heterocycles. The predicted octanol–water partition coefficient (Wildman–Crippen LogP) is 12.9. The average Bonchev–Trinajstić information content (AvgIpc) is 3.15. The van der Waals surface area contributed by atoms with E-state index in [0.717, 1.165) is 82.4 Å². The number of allylic oxidation sites excluding steroid dienone is 2. The first-order chi connectivity index (χ1) is 26.3. The summed E-state index contributed by atoms with van der Waals surface area (Å²) >= 11 is 13.6. The number of nitrogens with two attached hydrogens (primary N) is 2. The Morgan fingerprint density at radius 1 is 0.564 bits per heavy atom. The van der Waals surface area contributed by atoms with Gasteiger partial charge in [-0.25, -0.2) is 0 Å². The van der Waals surface area contributed by atoms with Gasteiger partial charge in [0.05, 0.1) is 11.4 Å². The maximum absolute atomic E-state index is 12.8. The van der Waals surface area contributed by atoms with Crippen LogP contribution in [0.4, 0.5) is 11.4 Å². The van der Waals surface area contributed by atoms with E-state index in [2.05, 4.69) is 155 Å². The van der Waals surface area contributed by atoms with Crippen LogP contribution < -0.4 is 11.5 Å². The zero-order valence-electron chi connectivity index (χ0n) is 31.8. The highest BCUT2D eigenvalue weighted by Crippen LogP contribution is 2.32. The molecule has 0 heterocycles. The normalized spacial score (nSPS) is 11.4. The van der Waals surface area contributed by atoms with Crippen molar-refractivity contribution in [3.05, 3.63) is 56.8 Å². The maximum Gasteiger partial charge on any atom is 0.306 e. The number of esters is 3. The molecule has 308 valence electrons. The van der Waals surface area contributed by atoms with Crippen LogP contribution >= 0.6 is 136 Å². The minimum atomic E-state index is -0.876. The Kier molecular flexibility index (Phi) is 28.7. The van der Waals surface area contributed by atoms with Crippen LogP contribution in [-0.2, 0) is 41.4 Å². The number of unbranched alkanes of at least 4 members (excludes halogenated alkanes) is 11. The summed E-state index contributed by atoms with van der Waals surface area (Å²) in [6.45, 7) is 1.91. The third-order valence-electron chi connectivity index (χ3n) is 9.02. The number of hydrogen-bond acceptors (Lipinski definition) is 8. The molecule has 8 nitrogen and oxygen atoms in total. The highest BCUT2D eigenvalue weighted by molar-refractivity contribution is 14.1. The van der Waals surface area contributed by atoms with Crippen LogP contribution in [-0.4, -0.2) is 37.2 Å². The van der Waals surface area contributed by atoms with Crippen molar-refractivity contribution >= 4 is 165 Å². The Hall–Kier alpha value is 0.570. The van der Waals surface area contributed by atoms with Gasteiger partial charge >= 0.3 is 17.9 Å². The van der Waals surface area contributed by atoms with E-state index in [1.54, 1.807) is 0 Å². The molecule has 55 heavy (non-hydrogen) atoms. The van der Waals surface area contributed by atoms with Gasteiger partial charge in [0.2, 0.25) is 0 Å².